The molecule has 35 heavy (non-hydrogen) atoms. The molecule has 0 bridgehead atoms. The summed E-state index contributed by atoms with van der Waals surface area (Å²) in [5.74, 6) is 0.0770. The van der Waals surface area contributed by atoms with Gasteiger partial charge in [-0.1, -0.05) is 37.8 Å². The van der Waals surface area contributed by atoms with E-state index in [0.717, 1.165) is 68.1 Å². The molecule has 1 aromatic heterocycles. The quantitative estimate of drug-likeness (QED) is 0.402. The summed E-state index contributed by atoms with van der Waals surface area (Å²) in [6, 6.07) is 14.7. The number of nitrogens with one attached hydrogen (secondary N) is 2. The van der Waals surface area contributed by atoms with Crippen molar-refractivity contribution in [1.82, 2.24) is 9.88 Å². The minimum absolute atomic E-state index is 0.0770. The predicted octanol–water partition coefficient (Wildman–Crippen LogP) is 6.96. The Morgan fingerprint density at radius 2 is 1.71 bits per heavy atom. The van der Waals surface area contributed by atoms with Crippen LogP contribution >= 0.6 is 0 Å². The lowest BCUT2D eigenvalue weighted by atomic mass is 10.1. The van der Waals surface area contributed by atoms with Gasteiger partial charge in [0.1, 0.15) is 11.8 Å². The summed E-state index contributed by atoms with van der Waals surface area (Å²) in [5, 5.41) is 16.7. The average molecular weight is 479 g/mol. The maximum Gasteiger partial charge on any atom is 0.387 e. The van der Waals surface area contributed by atoms with Crippen LogP contribution in [-0.4, -0.2) is 23.3 Å². The Morgan fingerprint density at radius 3 is 2.37 bits per heavy atom. The zero-order valence-corrected chi connectivity index (χ0v) is 19.4. The van der Waals surface area contributed by atoms with Gasteiger partial charge in [0.15, 0.2) is 0 Å². The van der Waals surface area contributed by atoms with Gasteiger partial charge in [0, 0.05) is 29.2 Å². The number of nitriles is 1. The summed E-state index contributed by atoms with van der Waals surface area (Å²) in [6.45, 7) is -2.91. The maximum absolute atomic E-state index is 12.9. The molecule has 2 amide bonds. The second-order valence-corrected chi connectivity index (χ2v) is 9.36. The summed E-state index contributed by atoms with van der Waals surface area (Å²) in [4.78, 5) is 12.3. The number of amides is 2. The minimum Gasteiger partial charge on any atom is -0.435 e. The highest BCUT2D eigenvalue weighted by Crippen LogP contribution is 2.42. The van der Waals surface area contributed by atoms with E-state index in [0.29, 0.717) is 16.6 Å². The van der Waals surface area contributed by atoms with E-state index in [1.165, 1.54) is 6.07 Å². The van der Waals surface area contributed by atoms with Gasteiger partial charge in [0.05, 0.1) is 16.8 Å². The Balaban J connectivity index is 1.50. The number of hydrogen-bond acceptors (Lipinski definition) is 3. The van der Waals surface area contributed by atoms with Crippen molar-refractivity contribution < 1.29 is 18.3 Å². The Kier molecular flexibility index (Phi) is 6.58. The van der Waals surface area contributed by atoms with Gasteiger partial charge < -0.3 is 19.9 Å². The number of carbonyl (C=O) groups is 1. The largest absolute Gasteiger partial charge is 0.435 e. The Morgan fingerprint density at radius 1 is 1.03 bits per heavy atom. The highest BCUT2D eigenvalue weighted by Gasteiger charge is 2.27. The standard InChI is InChI=1S/C27H28F2N4O2/c28-26(29)35-21-13-14-22-23(16-30)25(33(24(22)15-21)20-7-3-4-8-20)17-9-11-19(12-10-17)32-27(34)31-18-5-1-2-6-18/h9-15,18,20,26H,1-8H2,(H2,31,32,34). The van der Waals surface area contributed by atoms with Crippen LogP contribution in [0, 0.1) is 11.3 Å². The number of hydrogen-bond donors (Lipinski definition) is 2. The molecule has 0 saturated heterocycles. The molecule has 2 fully saturated rings. The molecule has 3 aromatic rings. The number of ether oxygens (including phenoxy) is 1. The number of anilines is 1. The van der Waals surface area contributed by atoms with E-state index in [9.17, 15) is 18.8 Å². The van der Waals surface area contributed by atoms with Crippen LogP contribution in [0.25, 0.3) is 22.2 Å². The maximum atomic E-state index is 12.9. The molecule has 182 valence electrons. The van der Waals surface area contributed by atoms with Gasteiger partial charge in [0.2, 0.25) is 0 Å². The Bertz CT molecular complexity index is 1250. The van der Waals surface area contributed by atoms with Gasteiger partial charge in [-0.15, -0.1) is 0 Å². The molecule has 0 atom stereocenters. The smallest absolute Gasteiger partial charge is 0.387 e. The van der Waals surface area contributed by atoms with Crippen LogP contribution in [0.3, 0.4) is 0 Å². The molecule has 0 spiro atoms. The number of rotatable bonds is 6. The van der Waals surface area contributed by atoms with Crippen LogP contribution in [0.2, 0.25) is 0 Å². The molecule has 1 heterocycles. The highest BCUT2D eigenvalue weighted by molar-refractivity contribution is 5.96. The molecule has 0 radical (unpaired) electrons. The second-order valence-electron chi connectivity index (χ2n) is 9.36. The molecule has 2 N–H and O–H groups in total. The Hall–Kier alpha value is -3.60. The number of nitrogens with zero attached hydrogens (tertiary/aromatic N) is 2. The van der Waals surface area contributed by atoms with Gasteiger partial charge in [-0.25, -0.2) is 4.79 Å². The van der Waals surface area contributed by atoms with Crippen LogP contribution < -0.4 is 15.4 Å². The number of benzene rings is 2. The van der Waals surface area contributed by atoms with E-state index in [1.807, 2.05) is 24.3 Å². The third kappa shape index (κ3) is 4.81. The van der Waals surface area contributed by atoms with Crippen molar-refractivity contribution >= 4 is 22.6 Å². The van der Waals surface area contributed by atoms with E-state index >= 15 is 0 Å². The molecule has 0 unspecified atom stereocenters. The number of carbonyl (C=O) groups excluding carboxylic acids is 1. The van der Waals surface area contributed by atoms with Gasteiger partial charge in [0.25, 0.3) is 0 Å². The second kappa shape index (κ2) is 9.95. The number of fused-ring (bicyclic) bond motifs is 1. The normalized spacial score (nSPS) is 16.6. The topological polar surface area (TPSA) is 79.1 Å². The number of urea groups is 1. The SMILES string of the molecule is N#Cc1c(-c2ccc(NC(=O)NC3CCCC3)cc2)n(C2CCCC2)c2cc(OC(F)F)ccc12. The molecule has 6 nitrogen and oxygen atoms in total. The molecule has 2 saturated carbocycles. The third-order valence-corrected chi connectivity index (χ3v) is 7.11. The van der Waals surface area contributed by atoms with E-state index in [1.54, 1.807) is 12.1 Å². The fourth-order valence-corrected chi connectivity index (χ4v) is 5.54. The van der Waals surface area contributed by atoms with Crippen LogP contribution in [0.1, 0.15) is 63.0 Å². The molecule has 2 aliphatic rings. The molecular formula is C27H28F2N4O2. The van der Waals surface area contributed by atoms with Gasteiger partial charge >= 0.3 is 12.6 Å². The first-order chi connectivity index (χ1) is 17.0. The van der Waals surface area contributed by atoms with Crippen molar-refractivity contribution in [3.05, 3.63) is 48.0 Å². The summed E-state index contributed by atoms with van der Waals surface area (Å²) < 4.78 is 32.5. The van der Waals surface area contributed by atoms with E-state index in [-0.39, 0.29) is 23.9 Å². The average Bonchev–Trinajstić information content (AvgIpc) is 3.59. The van der Waals surface area contributed by atoms with Crippen molar-refractivity contribution in [2.75, 3.05) is 5.32 Å². The lowest BCUT2D eigenvalue weighted by Crippen LogP contribution is -2.36. The number of alkyl halides is 2. The molecule has 0 aliphatic heterocycles. The fraction of sp³-hybridized carbons (Fsp3) is 0.407. The van der Waals surface area contributed by atoms with Crippen LogP contribution in [0.4, 0.5) is 19.3 Å². The van der Waals surface area contributed by atoms with Gasteiger partial charge in [-0.2, -0.15) is 14.0 Å². The first kappa shape index (κ1) is 23.2. The van der Waals surface area contributed by atoms with Crippen molar-refractivity contribution in [3.8, 4) is 23.1 Å². The summed E-state index contributed by atoms with van der Waals surface area (Å²) in [7, 11) is 0. The van der Waals surface area contributed by atoms with E-state index in [2.05, 4.69) is 26.0 Å². The van der Waals surface area contributed by atoms with E-state index < -0.39 is 6.61 Å². The number of aromatic nitrogens is 1. The zero-order valence-electron chi connectivity index (χ0n) is 19.4. The Labute approximate surface area is 202 Å². The summed E-state index contributed by atoms with van der Waals surface area (Å²) >= 11 is 0. The van der Waals surface area contributed by atoms with Gasteiger partial charge in [-0.05, 0) is 55.5 Å². The molecule has 5 rings (SSSR count). The fourth-order valence-electron chi connectivity index (χ4n) is 5.54. The molecular weight excluding hydrogens is 450 g/mol. The van der Waals surface area contributed by atoms with E-state index in [4.69, 9.17) is 0 Å². The van der Waals surface area contributed by atoms with Crippen molar-refractivity contribution in [1.29, 1.82) is 5.26 Å². The molecule has 2 aliphatic carbocycles. The highest BCUT2D eigenvalue weighted by atomic mass is 19.3. The minimum atomic E-state index is -2.91. The monoisotopic (exact) mass is 478 g/mol. The first-order valence-electron chi connectivity index (χ1n) is 12.2. The van der Waals surface area contributed by atoms with Crippen LogP contribution in [0.5, 0.6) is 5.75 Å². The van der Waals surface area contributed by atoms with Gasteiger partial charge in [-0.3, -0.25) is 0 Å². The predicted molar refractivity (Wildman–Crippen MR) is 131 cm³/mol. The molecule has 8 heteroatoms. The molecule has 2 aromatic carbocycles. The van der Waals surface area contributed by atoms with Crippen LogP contribution in [-0.2, 0) is 0 Å². The zero-order chi connectivity index (χ0) is 24.4. The number of halogens is 2. The van der Waals surface area contributed by atoms with Crippen molar-refractivity contribution in [3.63, 3.8) is 0 Å². The van der Waals surface area contributed by atoms with Crippen LogP contribution in [0.15, 0.2) is 42.5 Å². The lowest BCUT2D eigenvalue weighted by molar-refractivity contribution is -0.0497. The summed E-state index contributed by atoms with van der Waals surface area (Å²) in [6.07, 6.45) is 8.40. The third-order valence-electron chi connectivity index (χ3n) is 7.11. The first-order valence-corrected chi connectivity index (χ1v) is 12.2. The lowest BCUT2D eigenvalue weighted by Gasteiger charge is -2.19. The van der Waals surface area contributed by atoms with Crippen molar-refractivity contribution in [2.45, 2.75) is 70.1 Å². The van der Waals surface area contributed by atoms with Crippen molar-refractivity contribution in [2.24, 2.45) is 0 Å². The summed E-state index contributed by atoms with van der Waals surface area (Å²) in [5.41, 5.74) is 3.50.